The molecule has 0 saturated carbocycles. The highest BCUT2D eigenvalue weighted by molar-refractivity contribution is 7.99. The molecule has 2 aromatic carbocycles. The van der Waals surface area contributed by atoms with Gasteiger partial charge in [0.15, 0.2) is 5.60 Å². The Balaban J connectivity index is 1.60. The zero-order chi connectivity index (χ0) is 21.1. The molecule has 1 atom stereocenters. The highest BCUT2D eigenvalue weighted by Crippen LogP contribution is 2.21. The van der Waals surface area contributed by atoms with E-state index in [1.165, 1.54) is 28.5 Å². The fourth-order valence-electron chi connectivity index (χ4n) is 3.06. The maximum atomic E-state index is 11.1. The van der Waals surface area contributed by atoms with Crippen LogP contribution in [0.2, 0.25) is 0 Å². The van der Waals surface area contributed by atoms with Crippen molar-refractivity contribution in [2.75, 3.05) is 11.5 Å². The number of aliphatic hydroxyl groups is 1. The van der Waals surface area contributed by atoms with Crippen molar-refractivity contribution in [1.82, 2.24) is 0 Å². The lowest BCUT2D eigenvalue weighted by molar-refractivity contribution is -0.162. The molecule has 3 N–H and O–H groups in total. The lowest BCUT2D eigenvalue weighted by atomic mass is 10.0. The van der Waals surface area contributed by atoms with Gasteiger partial charge in [0.1, 0.15) is 0 Å². The maximum Gasteiger partial charge on any atom is 0.337 e. The molecular weight excluding hydrogens is 388 g/mol. The minimum Gasteiger partial charge on any atom is -0.481 e. The van der Waals surface area contributed by atoms with Gasteiger partial charge in [-0.15, -0.1) is 0 Å². The fourth-order valence-corrected chi connectivity index (χ4v) is 4.18. The molecule has 0 bridgehead atoms. The van der Waals surface area contributed by atoms with E-state index in [0.29, 0.717) is 5.75 Å². The number of carboxylic acid groups (broad SMARTS) is 2. The Morgan fingerprint density at radius 3 is 2.07 bits per heavy atom. The summed E-state index contributed by atoms with van der Waals surface area (Å²) < 4.78 is 0. The third-order valence-electron chi connectivity index (χ3n) is 4.75. The molecule has 2 rings (SSSR count). The lowest BCUT2D eigenvalue weighted by Crippen LogP contribution is -2.43. The van der Waals surface area contributed by atoms with Gasteiger partial charge in [0.2, 0.25) is 0 Å². The maximum absolute atomic E-state index is 11.1. The monoisotopic (exact) mass is 416 g/mol. The second-order valence-electron chi connectivity index (χ2n) is 7.19. The Bertz CT molecular complexity index is 776. The number of hydrogen-bond acceptors (Lipinski definition) is 4. The van der Waals surface area contributed by atoms with Gasteiger partial charge in [-0.05, 0) is 41.7 Å². The van der Waals surface area contributed by atoms with E-state index in [4.69, 9.17) is 10.2 Å². The first kappa shape index (κ1) is 23.0. The first-order valence-corrected chi connectivity index (χ1v) is 11.0. The van der Waals surface area contributed by atoms with Crippen molar-refractivity contribution in [2.24, 2.45) is 0 Å². The van der Waals surface area contributed by atoms with Crippen LogP contribution >= 0.6 is 11.8 Å². The quantitative estimate of drug-likeness (QED) is 0.417. The predicted molar refractivity (Wildman–Crippen MR) is 116 cm³/mol. The molecule has 0 aliphatic heterocycles. The van der Waals surface area contributed by atoms with Crippen molar-refractivity contribution in [1.29, 1.82) is 0 Å². The molecular formula is C23H28O5S. The first-order valence-electron chi connectivity index (χ1n) is 9.80. The summed E-state index contributed by atoms with van der Waals surface area (Å²) >= 11 is 1.29. The molecule has 0 aromatic heterocycles. The summed E-state index contributed by atoms with van der Waals surface area (Å²) in [4.78, 5) is 21.8. The standard InChI is InChI=1S/C23H28O5S/c24-21(25)16-23(28,22(26)27)17-29-15-7-2-1-4-8-18-11-13-20(14-12-18)19-9-5-3-6-10-19/h3,5-6,9-14,28H,1-2,4,7-8,15-17H2,(H,24,25)(H,26,27)/t23-/m0/s1. The van der Waals surface area contributed by atoms with Crippen molar-refractivity contribution < 1.29 is 24.9 Å². The Hall–Kier alpha value is -2.31. The largest absolute Gasteiger partial charge is 0.481 e. The molecule has 0 heterocycles. The van der Waals surface area contributed by atoms with Crippen molar-refractivity contribution in [2.45, 2.75) is 44.1 Å². The molecule has 2 aromatic rings. The van der Waals surface area contributed by atoms with Crippen LogP contribution in [0.5, 0.6) is 0 Å². The molecule has 0 fully saturated rings. The van der Waals surface area contributed by atoms with E-state index in [-0.39, 0.29) is 5.75 Å². The Kier molecular flexibility index (Phi) is 9.22. The first-order chi connectivity index (χ1) is 13.9. The smallest absolute Gasteiger partial charge is 0.337 e. The van der Waals surface area contributed by atoms with Crippen LogP contribution in [0, 0.1) is 0 Å². The number of rotatable bonds is 13. The van der Waals surface area contributed by atoms with Gasteiger partial charge in [-0.25, -0.2) is 4.79 Å². The predicted octanol–water partition coefficient (Wildman–Crippen LogP) is 4.48. The SMILES string of the molecule is O=C(O)C[C@](O)(CSCCCCCCc1ccc(-c2ccccc2)cc1)C(=O)O. The summed E-state index contributed by atoms with van der Waals surface area (Å²) in [6, 6.07) is 19.0. The number of hydrogen-bond donors (Lipinski definition) is 3. The van der Waals surface area contributed by atoms with Gasteiger partial charge in [-0.1, -0.05) is 67.4 Å². The number of aryl methyl sites for hydroxylation is 1. The average Bonchev–Trinajstić information content (AvgIpc) is 2.70. The molecule has 0 aliphatic rings. The van der Waals surface area contributed by atoms with E-state index in [2.05, 4.69) is 36.4 Å². The molecule has 29 heavy (non-hydrogen) atoms. The van der Waals surface area contributed by atoms with Crippen LogP contribution in [0.15, 0.2) is 54.6 Å². The van der Waals surface area contributed by atoms with E-state index in [9.17, 15) is 14.7 Å². The highest BCUT2D eigenvalue weighted by atomic mass is 32.2. The van der Waals surface area contributed by atoms with E-state index in [0.717, 1.165) is 32.1 Å². The minimum atomic E-state index is -2.19. The third-order valence-corrected chi connectivity index (χ3v) is 6.01. The van der Waals surface area contributed by atoms with Gasteiger partial charge in [0.05, 0.1) is 6.42 Å². The van der Waals surface area contributed by atoms with Crippen LogP contribution in [-0.4, -0.2) is 44.4 Å². The lowest BCUT2D eigenvalue weighted by Gasteiger charge is -2.20. The van der Waals surface area contributed by atoms with Crippen LogP contribution in [0.4, 0.5) is 0 Å². The number of aliphatic carboxylic acids is 2. The summed E-state index contributed by atoms with van der Waals surface area (Å²) in [7, 11) is 0. The number of thioether (sulfide) groups is 1. The van der Waals surface area contributed by atoms with Gasteiger partial charge in [0, 0.05) is 5.75 Å². The van der Waals surface area contributed by atoms with E-state index in [1.807, 2.05) is 18.2 Å². The molecule has 0 saturated heterocycles. The molecule has 0 radical (unpaired) electrons. The van der Waals surface area contributed by atoms with Gasteiger partial charge >= 0.3 is 11.9 Å². The van der Waals surface area contributed by atoms with E-state index in [1.54, 1.807) is 0 Å². The van der Waals surface area contributed by atoms with Crippen LogP contribution in [0.25, 0.3) is 11.1 Å². The molecule has 0 unspecified atom stereocenters. The van der Waals surface area contributed by atoms with Crippen molar-refractivity contribution in [3.8, 4) is 11.1 Å². The van der Waals surface area contributed by atoms with Crippen molar-refractivity contribution >= 4 is 23.7 Å². The number of carbonyl (C=O) groups is 2. The van der Waals surface area contributed by atoms with E-state index >= 15 is 0 Å². The minimum absolute atomic E-state index is 0.109. The molecule has 156 valence electrons. The van der Waals surface area contributed by atoms with Crippen LogP contribution in [0.1, 0.15) is 37.7 Å². The van der Waals surface area contributed by atoms with Gasteiger partial charge < -0.3 is 15.3 Å². The molecule has 5 nitrogen and oxygen atoms in total. The van der Waals surface area contributed by atoms with Crippen molar-refractivity contribution in [3.05, 3.63) is 60.2 Å². The van der Waals surface area contributed by atoms with Crippen LogP contribution in [-0.2, 0) is 16.0 Å². The van der Waals surface area contributed by atoms with Crippen molar-refractivity contribution in [3.63, 3.8) is 0 Å². The summed E-state index contributed by atoms with van der Waals surface area (Å²) in [6.07, 6.45) is 4.37. The number of benzene rings is 2. The molecule has 0 amide bonds. The van der Waals surface area contributed by atoms with Crippen LogP contribution in [0.3, 0.4) is 0 Å². The van der Waals surface area contributed by atoms with E-state index < -0.39 is 24.0 Å². The topological polar surface area (TPSA) is 94.8 Å². The molecule has 0 spiro atoms. The molecule has 6 heteroatoms. The zero-order valence-electron chi connectivity index (χ0n) is 16.4. The number of unbranched alkanes of at least 4 members (excludes halogenated alkanes) is 3. The molecule has 0 aliphatic carbocycles. The van der Waals surface area contributed by atoms with Gasteiger partial charge in [-0.2, -0.15) is 11.8 Å². The Morgan fingerprint density at radius 2 is 1.45 bits per heavy atom. The fraction of sp³-hybridized carbons (Fsp3) is 0.391. The number of carboxylic acids is 2. The summed E-state index contributed by atoms with van der Waals surface area (Å²) in [5.74, 6) is -2.19. The summed E-state index contributed by atoms with van der Waals surface area (Å²) in [6.45, 7) is 0. The van der Waals surface area contributed by atoms with Gasteiger partial charge in [-0.3, -0.25) is 4.79 Å². The normalized spacial score (nSPS) is 13.0. The highest BCUT2D eigenvalue weighted by Gasteiger charge is 2.38. The summed E-state index contributed by atoms with van der Waals surface area (Å²) in [5, 5.41) is 27.7. The summed E-state index contributed by atoms with van der Waals surface area (Å²) in [5.41, 5.74) is 1.56. The Labute approximate surface area is 175 Å². The zero-order valence-corrected chi connectivity index (χ0v) is 17.2. The average molecular weight is 417 g/mol. The second-order valence-corrected chi connectivity index (χ2v) is 8.29. The second kappa shape index (κ2) is 11.6. The van der Waals surface area contributed by atoms with Crippen LogP contribution < -0.4 is 0 Å². The third kappa shape index (κ3) is 7.91. The van der Waals surface area contributed by atoms with Gasteiger partial charge in [0.25, 0.3) is 0 Å². The Morgan fingerprint density at radius 1 is 0.828 bits per heavy atom.